The van der Waals surface area contributed by atoms with E-state index in [1.807, 2.05) is 6.92 Å². The molecule has 0 amide bonds. The summed E-state index contributed by atoms with van der Waals surface area (Å²) in [6, 6.07) is 12.5. The molecule has 0 aliphatic rings. The Morgan fingerprint density at radius 2 is 1.76 bits per heavy atom. The molecule has 2 aromatic carbocycles. The van der Waals surface area contributed by atoms with Crippen LogP contribution in [0.1, 0.15) is 15.9 Å². The lowest BCUT2D eigenvalue weighted by atomic mass is 10.1. The second kappa shape index (κ2) is 6.57. The maximum absolute atomic E-state index is 12.4. The van der Waals surface area contributed by atoms with Crippen LogP contribution in [0.5, 0.6) is 0 Å². The Morgan fingerprint density at radius 3 is 2.44 bits per heavy atom. The Kier molecular flexibility index (Phi) is 4.62. The molecule has 25 heavy (non-hydrogen) atoms. The Balaban J connectivity index is 1.98. The van der Waals surface area contributed by atoms with Crippen LogP contribution in [0.3, 0.4) is 0 Å². The summed E-state index contributed by atoms with van der Waals surface area (Å²) in [4.78, 5) is 24.5. The van der Waals surface area contributed by atoms with E-state index in [4.69, 9.17) is 4.42 Å². The van der Waals surface area contributed by atoms with Crippen LogP contribution in [-0.4, -0.2) is 20.0 Å². The van der Waals surface area contributed by atoms with Crippen LogP contribution >= 0.6 is 15.9 Å². The number of fused-ring (bicyclic) bond motifs is 1. The van der Waals surface area contributed by atoms with Crippen molar-refractivity contribution < 1.29 is 17.6 Å². The average molecular weight is 421 g/mol. The lowest BCUT2D eigenvalue weighted by molar-refractivity contribution is 0.101. The molecule has 0 fully saturated rings. The molecular formula is C18H13BrO5S. The molecule has 0 aliphatic heterocycles. The van der Waals surface area contributed by atoms with Gasteiger partial charge in [-0.05, 0) is 43.3 Å². The molecule has 0 atom stereocenters. The Bertz CT molecular complexity index is 1130. The van der Waals surface area contributed by atoms with Gasteiger partial charge in [0.1, 0.15) is 16.9 Å². The highest BCUT2D eigenvalue weighted by atomic mass is 79.9. The van der Waals surface area contributed by atoms with Gasteiger partial charge in [-0.2, -0.15) is 0 Å². The number of benzene rings is 2. The van der Waals surface area contributed by atoms with Gasteiger partial charge < -0.3 is 4.42 Å². The van der Waals surface area contributed by atoms with E-state index in [-0.39, 0.29) is 10.5 Å². The second-order valence-corrected chi connectivity index (χ2v) is 8.53. The third-order valence-corrected chi connectivity index (χ3v) is 5.82. The smallest absolute Gasteiger partial charge is 0.347 e. The Hall–Kier alpha value is -2.25. The third-order valence-electron chi connectivity index (χ3n) is 3.70. The topological polar surface area (TPSA) is 81.4 Å². The maximum atomic E-state index is 12.4. The van der Waals surface area contributed by atoms with Gasteiger partial charge in [-0.1, -0.05) is 33.6 Å². The lowest BCUT2D eigenvalue weighted by Crippen LogP contribution is -2.22. The molecule has 3 aromatic rings. The second-order valence-electron chi connectivity index (χ2n) is 5.62. The van der Waals surface area contributed by atoms with Crippen molar-refractivity contribution in [2.45, 2.75) is 11.8 Å². The van der Waals surface area contributed by atoms with E-state index in [1.54, 1.807) is 30.3 Å². The van der Waals surface area contributed by atoms with Crippen molar-refractivity contribution in [3.05, 3.63) is 74.6 Å². The quantitative estimate of drug-likeness (QED) is 0.476. The SMILES string of the molecule is Cc1ccc(S(=O)(=O)CC(=O)c2cc3cc(Br)ccc3oc2=O)cc1. The van der Waals surface area contributed by atoms with Gasteiger partial charge >= 0.3 is 5.63 Å². The normalized spacial score (nSPS) is 11.6. The number of halogens is 1. The number of hydrogen-bond donors (Lipinski definition) is 0. The highest BCUT2D eigenvalue weighted by Crippen LogP contribution is 2.20. The summed E-state index contributed by atoms with van der Waals surface area (Å²) in [6.45, 7) is 1.83. The van der Waals surface area contributed by atoms with Gasteiger partial charge in [-0.25, -0.2) is 13.2 Å². The number of aryl methyl sites for hydroxylation is 1. The van der Waals surface area contributed by atoms with Crippen molar-refractivity contribution in [3.63, 3.8) is 0 Å². The minimum Gasteiger partial charge on any atom is -0.422 e. The monoisotopic (exact) mass is 420 g/mol. The molecule has 0 spiro atoms. The van der Waals surface area contributed by atoms with Crippen molar-refractivity contribution in [1.82, 2.24) is 0 Å². The molecule has 0 saturated heterocycles. The fourth-order valence-electron chi connectivity index (χ4n) is 2.37. The highest BCUT2D eigenvalue weighted by Gasteiger charge is 2.23. The zero-order chi connectivity index (χ0) is 18.2. The number of ketones is 1. The van der Waals surface area contributed by atoms with E-state index in [0.717, 1.165) is 10.0 Å². The van der Waals surface area contributed by atoms with Gasteiger partial charge in [-0.15, -0.1) is 0 Å². The van der Waals surface area contributed by atoms with Gasteiger partial charge in [0, 0.05) is 9.86 Å². The number of carbonyl (C=O) groups excluding carboxylic acids is 1. The fraction of sp³-hybridized carbons (Fsp3) is 0.111. The summed E-state index contributed by atoms with van der Waals surface area (Å²) in [5, 5.41) is 0.532. The van der Waals surface area contributed by atoms with Crippen molar-refractivity contribution in [2.24, 2.45) is 0 Å². The number of Topliss-reactive ketones (excluding diaryl/α,β-unsaturated/α-hetero) is 1. The average Bonchev–Trinajstić information content (AvgIpc) is 2.54. The van der Waals surface area contributed by atoms with Gasteiger partial charge in [0.25, 0.3) is 0 Å². The van der Waals surface area contributed by atoms with E-state index in [9.17, 15) is 18.0 Å². The molecule has 0 N–H and O–H groups in total. The van der Waals surface area contributed by atoms with E-state index >= 15 is 0 Å². The molecule has 7 heteroatoms. The zero-order valence-corrected chi connectivity index (χ0v) is 15.6. The molecule has 1 heterocycles. The van der Waals surface area contributed by atoms with Gasteiger partial charge in [0.15, 0.2) is 15.6 Å². The Labute approximate surface area is 152 Å². The first-order valence-electron chi connectivity index (χ1n) is 7.32. The standard InChI is InChI=1S/C18H13BrO5S/c1-11-2-5-14(6-3-11)25(22,23)10-16(20)15-9-12-8-13(19)4-7-17(12)24-18(15)21/h2-9H,10H2,1H3. The summed E-state index contributed by atoms with van der Waals surface area (Å²) < 4.78 is 30.7. The van der Waals surface area contributed by atoms with Crippen molar-refractivity contribution in [3.8, 4) is 0 Å². The minimum absolute atomic E-state index is 0.0411. The molecule has 3 rings (SSSR count). The first kappa shape index (κ1) is 17.6. The van der Waals surface area contributed by atoms with Crippen molar-refractivity contribution in [2.75, 3.05) is 5.75 Å². The summed E-state index contributed by atoms with van der Waals surface area (Å²) in [6.07, 6.45) is 0. The number of rotatable bonds is 4. The van der Waals surface area contributed by atoms with Gasteiger partial charge in [-0.3, -0.25) is 4.79 Å². The van der Waals surface area contributed by atoms with Crippen LogP contribution in [0.4, 0.5) is 0 Å². The summed E-state index contributed by atoms with van der Waals surface area (Å²) >= 11 is 3.30. The summed E-state index contributed by atoms with van der Waals surface area (Å²) in [5.41, 5.74) is 0.109. The first-order valence-corrected chi connectivity index (χ1v) is 9.77. The largest absolute Gasteiger partial charge is 0.422 e. The third kappa shape index (κ3) is 3.72. The van der Waals surface area contributed by atoms with Crippen LogP contribution in [0, 0.1) is 6.92 Å². The predicted molar refractivity (Wildman–Crippen MR) is 97.7 cm³/mol. The number of sulfone groups is 1. The summed E-state index contributed by atoms with van der Waals surface area (Å²) in [5.74, 6) is -1.59. The zero-order valence-electron chi connectivity index (χ0n) is 13.2. The molecule has 128 valence electrons. The van der Waals surface area contributed by atoms with Crippen molar-refractivity contribution >= 4 is 42.5 Å². The van der Waals surface area contributed by atoms with E-state index in [1.165, 1.54) is 18.2 Å². The molecule has 0 unspecified atom stereocenters. The molecule has 0 radical (unpaired) electrons. The predicted octanol–water partition coefficient (Wildman–Crippen LogP) is 3.52. The fourth-order valence-corrected chi connectivity index (χ4v) is 3.96. The number of hydrogen-bond acceptors (Lipinski definition) is 5. The molecule has 0 bridgehead atoms. The molecule has 5 nitrogen and oxygen atoms in total. The van der Waals surface area contributed by atoms with Crippen LogP contribution in [0.2, 0.25) is 0 Å². The van der Waals surface area contributed by atoms with E-state index in [0.29, 0.717) is 11.0 Å². The van der Waals surface area contributed by atoms with E-state index in [2.05, 4.69) is 15.9 Å². The van der Waals surface area contributed by atoms with Gasteiger partial charge in [0.05, 0.1) is 4.90 Å². The minimum atomic E-state index is -3.84. The maximum Gasteiger partial charge on any atom is 0.347 e. The van der Waals surface area contributed by atoms with Crippen molar-refractivity contribution in [1.29, 1.82) is 0 Å². The van der Waals surface area contributed by atoms with Crippen LogP contribution in [-0.2, 0) is 9.84 Å². The van der Waals surface area contributed by atoms with Crippen LogP contribution in [0.15, 0.2) is 67.1 Å². The van der Waals surface area contributed by atoms with E-state index < -0.39 is 27.0 Å². The van der Waals surface area contributed by atoms with Gasteiger partial charge in [0.2, 0.25) is 0 Å². The highest BCUT2D eigenvalue weighted by molar-refractivity contribution is 9.10. The Morgan fingerprint density at radius 1 is 1.08 bits per heavy atom. The number of carbonyl (C=O) groups is 1. The summed E-state index contributed by atoms with van der Waals surface area (Å²) in [7, 11) is -3.84. The molecular weight excluding hydrogens is 408 g/mol. The van der Waals surface area contributed by atoms with Crippen LogP contribution < -0.4 is 5.63 Å². The molecule has 0 aliphatic carbocycles. The molecule has 0 saturated carbocycles. The van der Waals surface area contributed by atoms with Crippen LogP contribution in [0.25, 0.3) is 11.0 Å². The lowest BCUT2D eigenvalue weighted by Gasteiger charge is -2.05. The first-order chi connectivity index (χ1) is 11.8. The molecule has 1 aromatic heterocycles.